The monoisotopic (exact) mass is 385 g/mol. The molecule has 7 heteroatoms. The predicted octanol–water partition coefficient (Wildman–Crippen LogP) is 3.20. The second-order valence-corrected chi connectivity index (χ2v) is 6.63. The molecule has 0 heterocycles. The first-order valence-electron chi connectivity index (χ1n) is 9.01. The molecule has 0 atom stereocenters. The van der Waals surface area contributed by atoms with E-state index in [0.717, 1.165) is 11.3 Å². The van der Waals surface area contributed by atoms with Crippen molar-refractivity contribution in [2.24, 2.45) is 0 Å². The number of hydrogen-bond donors (Lipinski definition) is 3. The van der Waals surface area contributed by atoms with Crippen molar-refractivity contribution in [3.8, 4) is 11.5 Å². The second-order valence-electron chi connectivity index (χ2n) is 6.63. The van der Waals surface area contributed by atoms with Crippen molar-refractivity contribution in [3.63, 3.8) is 0 Å². The van der Waals surface area contributed by atoms with Crippen LogP contribution in [-0.2, 0) is 4.79 Å². The lowest BCUT2D eigenvalue weighted by Crippen LogP contribution is -2.30. The predicted molar refractivity (Wildman–Crippen MR) is 110 cm³/mol. The second kappa shape index (κ2) is 9.64. The summed E-state index contributed by atoms with van der Waals surface area (Å²) in [6.45, 7) is 5.79. The Morgan fingerprint density at radius 2 is 1.71 bits per heavy atom. The van der Waals surface area contributed by atoms with Gasteiger partial charge in [-0.15, -0.1) is 0 Å². The molecule has 0 saturated carbocycles. The number of methoxy groups -OCH3 is 2. The summed E-state index contributed by atoms with van der Waals surface area (Å²) in [4.78, 5) is 24.4. The molecule has 2 aromatic carbocycles. The fourth-order valence-electron chi connectivity index (χ4n) is 2.62. The number of nitrogens with one attached hydrogen (secondary N) is 3. The maximum atomic E-state index is 12.3. The fourth-order valence-corrected chi connectivity index (χ4v) is 2.62. The van der Waals surface area contributed by atoms with Crippen LogP contribution in [0.1, 0.15) is 29.8 Å². The van der Waals surface area contributed by atoms with Crippen LogP contribution >= 0.6 is 0 Å². The lowest BCUT2D eigenvalue weighted by atomic mass is 10.1. The first-order chi connectivity index (χ1) is 13.3. The minimum Gasteiger partial charge on any atom is -0.497 e. The van der Waals surface area contributed by atoms with E-state index in [-0.39, 0.29) is 24.4 Å². The van der Waals surface area contributed by atoms with E-state index < -0.39 is 0 Å². The van der Waals surface area contributed by atoms with Crippen LogP contribution < -0.4 is 25.4 Å². The molecule has 0 aliphatic rings. The molecule has 0 fully saturated rings. The molecular weight excluding hydrogens is 358 g/mol. The highest BCUT2D eigenvalue weighted by Crippen LogP contribution is 2.29. The summed E-state index contributed by atoms with van der Waals surface area (Å²) >= 11 is 0. The molecule has 0 aliphatic heterocycles. The number of carbonyl (C=O) groups is 2. The van der Waals surface area contributed by atoms with Crippen LogP contribution in [-0.4, -0.2) is 38.6 Å². The van der Waals surface area contributed by atoms with Gasteiger partial charge in [-0.2, -0.15) is 0 Å². The van der Waals surface area contributed by atoms with E-state index in [4.69, 9.17) is 9.47 Å². The van der Waals surface area contributed by atoms with E-state index in [2.05, 4.69) is 16.0 Å². The third kappa shape index (κ3) is 5.64. The first kappa shape index (κ1) is 21.1. The number of carbonyl (C=O) groups excluding carboxylic acids is 2. The third-order valence-corrected chi connectivity index (χ3v) is 4.03. The Balaban J connectivity index is 1.98. The molecule has 2 amide bonds. The molecule has 0 aromatic heterocycles. The van der Waals surface area contributed by atoms with Gasteiger partial charge in [-0.05, 0) is 56.7 Å². The van der Waals surface area contributed by atoms with Crippen molar-refractivity contribution in [1.82, 2.24) is 5.32 Å². The van der Waals surface area contributed by atoms with Gasteiger partial charge in [0, 0.05) is 23.4 Å². The van der Waals surface area contributed by atoms with Gasteiger partial charge >= 0.3 is 0 Å². The quantitative estimate of drug-likeness (QED) is 0.649. The number of amides is 2. The summed E-state index contributed by atoms with van der Waals surface area (Å²) in [6, 6.07) is 10.6. The van der Waals surface area contributed by atoms with Crippen molar-refractivity contribution >= 4 is 23.2 Å². The zero-order valence-corrected chi connectivity index (χ0v) is 16.9. The van der Waals surface area contributed by atoms with Gasteiger partial charge in [0.1, 0.15) is 11.5 Å². The van der Waals surface area contributed by atoms with Gasteiger partial charge < -0.3 is 25.4 Å². The SMILES string of the molecule is COc1ccc(NC(=O)CNc2ccc(C(=O)NC(C)C)cc2C)c(OC)c1. The van der Waals surface area contributed by atoms with Gasteiger partial charge in [-0.25, -0.2) is 0 Å². The number of ether oxygens (including phenoxy) is 2. The summed E-state index contributed by atoms with van der Waals surface area (Å²) < 4.78 is 10.4. The van der Waals surface area contributed by atoms with E-state index in [1.807, 2.05) is 20.8 Å². The van der Waals surface area contributed by atoms with Gasteiger partial charge in [0.15, 0.2) is 0 Å². The molecule has 2 rings (SSSR count). The number of benzene rings is 2. The Labute approximate surface area is 165 Å². The van der Waals surface area contributed by atoms with Crippen molar-refractivity contribution in [3.05, 3.63) is 47.5 Å². The molecule has 0 unspecified atom stereocenters. The molecule has 0 radical (unpaired) electrons. The maximum absolute atomic E-state index is 12.3. The minimum atomic E-state index is -0.218. The smallest absolute Gasteiger partial charge is 0.251 e. The highest BCUT2D eigenvalue weighted by atomic mass is 16.5. The van der Waals surface area contributed by atoms with E-state index >= 15 is 0 Å². The average Bonchev–Trinajstić information content (AvgIpc) is 2.66. The van der Waals surface area contributed by atoms with Crippen LogP contribution in [0.15, 0.2) is 36.4 Å². The summed E-state index contributed by atoms with van der Waals surface area (Å²) in [5.74, 6) is 0.827. The van der Waals surface area contributed by atoms with Gasteiger partial charge in [-0.1, -0.05) is 0 Å². The molecule has 7 nitrogen and oxygen atoms in total. The molecular formula is C21H27N3O4. The number of rotatable bonds is 8. The number of anilines is 2. The van der Waals surface area contributed by atoms with Crippen molar-refractivity contribution in [2.75, 3.05) is 31.4 Å². The van der Waals surface area contributed by atoms with Crippen LogP contribution in [0.25, 0.3) is 0 Å². The lowest BCUT2D eigenvalue weighted by Gasteiger charge is -2.14. The molecule has 0 saturated heterocycles. The van der Waals surface area contributed by atoms with Crippen molar-refractivity contribution in [2.45, 2.75) is 26.8 Å². The number of hydrogen-bond acceptors (Lipinski definition) is 5. The molecule has 0 spiro atoms. The highest BCUT2D eigenvalue weighted by Gasteiger charge is 2.11. The molecule has 0 bridgehead atoms. The lowest BCUT2D eigenvalue weighted by molar-refractivity contribution is -0.114. The fraction of sp³-hybridized carbons (Fsp3) is 0.333. The molecule has 2 aromatic rings. The van der Waals surface area contributed by atoms with Crippen LogP contribution in [0.3, 0.4) is 0 Å². The minimum absolute atomic E-state index is 0.0734. The number of aryl methyl sites for hydroxylation is 1. The van der Waals surface area contributed by atoms with Crippen LogP contribution in [0.2, 0.25) is 0 Å². The largest absolute Gasteiger partial charge is 0.497 e. The summed E-state index contributed by atoms with van der Waals surface area (Å²) in [5.41, 5.74) is 2.82. The van der Waals surface area contributed by atoms with E-state index in [9.17, 15) is 9.59 Å². The van der Waals surface area contributed by atoms with Crippen LogP contribution in [0.4, 0.5) is 11.4 Å². The van der Waals surface area contributed by atoms with Crippen molar-refractivity contribution in [1.29, 1.82) is 0 Å². The standard InChI is InChI=1S/C21H27N3O4/c1-13(2)23-21(26)15-6-8-17(14(3)10-15)22-12-20(25)24-18-9-7-16(27-4)11-19(18)28-5/h6-11,13,22H,12H2,1-5H3,(H,23,26)(H,24,25). The molecule has 150 valence electrons. The van der Waals surface area contributed by atoms with E-state index in [0.29, 0.717) is 22.7 Å². The van der Waals surface area contributed by atoms with Crippen LogP contribution in [0.5, 0.6) is 11.5 Å². The molecule has 28 heavy (non-hydrogen) atoms. The van der Waals surface area contributed by atoms with Crippen LogP contribution in [0, 0.1) is 6.92 Å². The Morgan fingerprint density at radius 1 is 1.00 bits per heavy atom. The first-order valence-corrected chi connectivity index (χ1v) is 9.01. The maximum Gasteiger partial charge on any atom is 0.251 e. The Kier molecular flexibility index (Phi) is 7.26. The zero-order valence-electron chi connectivity index (χ0n) is 16.9. The summed E-state index contributed by atoms with van der Waals surface area (Å²) in [5, 5.41) is 8.76. The average molecular weight is 385 g/mol. The molecule has 3 N–H and O–H groups in total. The topological polar surface area (TPSA) is 88.7 Å². The van der Waals surface area contributed by atoms with E-state index in [1.165, 1.54) is 7.11 Å². The summed E-state index contributed by atoms with van der Waals surface area (Å²) in [6.07, 6.45) is 0. The van der Waals surface area contributed by atoms with E-state index in [1.54, 1.807) is 43.5 Å². The van der Waals surface area contributed by atoms with Gasteiger partial charge in [0.2, 0.25) is 5.91 Å². The molecule has 0 aliphatic carbocycles. The van der Waals surface area contributed by atoms with Crippen molar-refractivity contribution < 1.29 is 19.1 Å². The Bertz CT molecular complexity index is 850. The van der Waals surface area contributed by atoms with Gasteiger partial charge in [0.05, 0.1) is 26.5 Å². The summed E-state index contributed by atoms with van der Waals surface area (Å²) in [7, 11) is 3.10. The Morgan fingerprint density at radius 3 is 2.32 bits per heavy atom. The highest BCUT2D eigenvalue weighted by molar-refractivity contribution is 5.96. The van der Waals surface area contributed by atoms with Gasteiger partial charge in [-0.3, -0.25) is 9.59 Å². The third-order valence-electron chi connectivity index (χ3n) is 4.03. The zero-order chi connectivity index (χ0) is 20.7. The Hall–Kier alpha value is -3.22. The normalized spacial score (nSPS) is 10.4. The van der Waals surface area contributed by atoms with Gasteiger partial charge in [0.25, 0.3) is 5.91 Å².